The van der Waals surface area contributed by atoms with Gasteiger partial charge in [0.2, 0.25) is 0 Å². The van der Waals surface area contributed by atoms with E-state index in [-0.39, 0.29) is 11.7 Å². The quantitative estimate of drug-likeness (QED) is 0.414. The van der Waals surface area contributed by atoms with Crippen LogP contribution in [0, 0.1) is 3.57 Å². The average Bonchev–Trinajstić information content (AvgIpc) is 2.93. The summed E-state index contributed by atoms with van der Waals surface area (Å²) < 4.78 is 6.67. The number of phenolic OH excluding ortho intramolecular Hbond substituents is 1. The van der Waals surface area contributed by atoms with Crippen LogP contribution in [0.3, 0.4) is 0 Å². The van der Waals surface area contributed by atoms with Crippen molar-refractivity contribution in [3.8, 4) is 5.75 Å². The molecule has 1 N–H and O–H groups in total. The average molecular weight is 559 g/mol. The van der Waals surface area contributed by atoms with Crippen LogP contribution < -0.4 is 0 Å². The number of phenols is 1. The van der Waals surface area contributed by atoms with E-state index >= 15 is 0 Å². The summed E-state index contributed by atoms with van der Waals surface area (Å²) in [6.07, 6.45) is 1.70. The van der Waals surface area contributed by atoms with Gasteiger partial charge in [-0.2, -0.15) is 0 Å². The van der Waals surface area contributed by atoms with Crippen LogP contribution in [0.25, 0.3) is 6.08 Å². The van der Waals surface area contributed by atoms with E-state index < -0.39 is 0 Å². The maximum atomic E-state index is 12.9. The molecule has 0 saturated carbocycles. The van der Waals surface area contributed by atoms with E-state index in [4.69, 9.17) is 4.74 Å². The fourth-order valence-electron chi connectivity index (χ4n) is 2.42. The van der Waals surface area contributed by atoms with Crippen LogP contribution in [0.2, 0.25) is 0 Å². The zero-order valence-electron chi connectivity index (χ0n) is 14.4. The minimum Gasteiger partial charge on any atom is -0.506 e. The topological polar surface area (TPSA) is 62.1 Å². The summed E-state index contributed by atoms with van der Waals surface area (Å²) >= 11 is 6.77. The number of carbonyl (C=O) groups is 1. The predicted octanol–water partition coefficient (Wildman–Crippen LogP) is 5.01. The molecule has 0 aromatic heterocycles. The maximum Gasteiger partial charge on any atom is 0.266 e. The fraction of sp³-hybridized carbons (Fsp3) is 0.158. The molecule has 1 saturated heterocycles. The molecular formula is C19H16BrIN2O3S. The van der Waals surface area contributed by atoms with Gasteiger partial charge >= 0.3 is 0 Å². The Bertz CT molecular complexity index is 919. The molecule has 3 rings (SSSR count). The molecule has 0 bridgehead atoms. The van der Waals surface area contributed by atoms with Crippen molar-refractivity contribution in [2.45, 2.75) is 0 Å². The van der Waals surface area contributed by atoms with Gasteiger partial charge in [-0.15, -0.1) is 0 Å². The molecule has 1 heterocycles. The minimum atomic E-state index is -0.152. The number of aromatic hydroxyl groups is 1. The molecule has 0 spiro atoms. The number of aliphatic imine (C=N–C) groups is 1. The number of methoxy groups -OCH3 is 1. The smallest absolute Gasteiger partial charge is 0.266 e. The lowest BCUT2D eigenvalue weighted by Gasteiger charge is -2.14. The summed E-state index contributed by atoms with van der Waals surface area (Å²) in [4.78, 5) is 19.6. The standard InChI is InChI=1S/C19H16BrIN2O3S/c1-26-8-7-23-18(25)16(10-12-9-13(20)11-15(21)17(12)24)27-19(23)22-14-5-3-2-4-6-14/h2-6,9-11,24H,7-8H2,1H3. The van der Waals surface area contributed by atoms with Gasteiger partial charge in [-0.1, -0.05) is 34.1 Å². The Labute approximate surface area is 183 Å². The van der Waals surface area contributed by atoms with Crippen LogP contribution in [-0.4, -0.2) is 41.3 Å². The lowest BCUT2D eigenvalue weighted by Crippen LogP contribution is -2.32. The lowest BCUT2D eigenvalue weighted by atomic mass is 10.2. The van der Waals surface area contributed by atoms with Crippen molar-refractivity contribution in [1.29, 1.82) is 0 Å². The van der Waals surface area contributed by atoms with E-state index in [1.807, 2.05) is 36.4 Å². The Hall–Kier alpha value is -1.36. The SMILES string of the molecule is COCCN1C(=O)C(=Cc2cc(Br)cc(I)c2O)SC1=Nc1ccccc1. The molecular weight excluding hydrogens is 543 g/mol. The van der Waals surface area contributed by atoms with Gasteiger partial charge in [-0.25, -0.2) is 4.99 Å². The second-order valence-corrected chi connectivity index (χ2v) is 8.70. The number of carbonyl (C=O) groups excluding carboxylic acids is 1. The normalized spacial score (nSPS) is 17.3. The molecule has 0 unspecified atom stereocenters. The maximum absolute atomic E-state index is 12.9. The Morgan fingerprint density at radius 2 is 2.07 bits per heavy atom. The number of rotatable bonds is 5. The zero-order valence-corrected chi connectivity index (χ0v) is 18.9. The highest BCUT2D eigenvalue weighted by molar-refractivity contribution is 14.1. The van der Waals surface area contributed by atoms with E-state index in [1.165, 1.54) is 11.8 Å². The first kappa shape index (κ1) is 20.4. The molecule has 2 aromatic rings. The number of hydrogen-bond acceptors (Lipinski definition) is 5. The summed E-state index contributed by atoms with van der Waals surface area (Å²) in [5.41, 5.74) is 1.36. The molecule has 1 aliphatic heterocycles. The third-order valence-electron chi connectivity index (χ3n) is 3.73. The molecule has 0 aliphatic carbocycles. The van der Waals surface area contributed by atoms with Gasteiger partial charge in [0.1, 0.15) is 5.75 Å². The molecule has 5 nitrogen and oxygen atoms in total. The summed E-state index contributed by atoms with van der Waals surface area (Å²) in [5, 5.41) is 10.9. The van der Waals surface area contributed by atoms with Crippen molar-refractivity contribution < 1.29 is 14.6 Å². The lowest BCUT2D eigenvalue weighted by molar-refractivity contribution is -0.122. The Kier molecular flexibility index (Phi) is 6.96. The first-order valence-corrected chi connectivity index (χ1v) is 10.7. The highest BCUT2D eigenvalue weighted by Crippen LogP contribution is 2.37. The molecule has 2 aromatic carbocycles. The number of benzene rings is 2. The van der Waals surface area contributed by atoms with Gasteiger partial charge in [0.25, 0.3) is 5.91 Å². The van der Waals surface area contributed by atoms with Gasteiger partial charge in [0.05, 0.1) is 27.3 Å². The monoisotopic (exact) mass is 558 g/mol. The van der Waals surface area contributed by atoms with Crippen LogP contribution in [0.1, 0.15) is 5.56 Å². The summed E-state index contributed by atoms with van der Waals surface area (Å²) in [6, 6.07) is 13.1. The van der Waals surface area contributed by atoms with E-state index in [1.54, 1.807) is 24.2 Å². The van der Waals surface area contributed by atoms with Crippen LogP contribution in [0.15, 0.2) is 56.8 Å². The number of amides is 1. The highest BCUT2D eigenvalue weighted by Gasteiger charge is 2.33. The number of hydrogen-bond donors (Lipinski definition) is 1. The van der Waals surface area contributed by atoms with Crippen molar-refractivity contribution in [2.75, 3.05) is 20.3 Å². The number of halogens is 2. The Morgan fingerprint density at radius 3 is 2.78 bits per heavy atom. The molecule has 0 atom stereocenters. The molecule has 27 heavy (non-hydrogen) atoms. The second-order valence-electron chi connectivity index (χ2n) is 5.62. The predicted molar refractivity (Wildman–Crippen MR) is 121 cm³/mol. The van der Waals surface area contributed by atoms with E-state index in [0.29, 0.717) is 32.4 Å². The summed E-state index contributed by atoms with van der Waals surface area (Å²) in [6.45, 7) is 0.820. The van der Waals surface area contributed by atoms with Crippen molar-refractivity contribution in [1.82, 2.24) is 4.90 Å². The van der Waals surface area contributed by atoms with Crippen molar-refractivity contribution in [3.05, 3.63) is 61.0 Å². The number of para-hydroxylation sites is 1. The molecule has 1 fully saturated rings. The summed E-state index contributed by atoms with van der Waals surface area (Å²) in [7, 11) is 1.60. The third-order valence-corrected chi connectivity index (χ3v) is 6.02. The first-order chi connectivity index (χ1) is 13.0. The van der Waals surface area contributed by atoms with Crippen molar-refractivity contribution in [3.63, 3.8) is 0 Å². The largest absolute Gasteiger partial charge is 0.506 e. The molecule has 8 heteroatoms. The van der Waals surface area contributed by atoms with Crippen LogP contribution >= 0.6 is 50.3 Å². The van der Waals surface area contributed by atoms with E-state index in [0.717, 1.165) is 10.2 Å². The third kappa shape index (κ3) is 4.92. The van der Waals surface area contributed by atoms with Gasteiger partial charge in [-0.3, -0.25) is 9.69 Å². The van der Waals surface area contributed by atoms with Crippen LogP contribution in [0.5, 0.6) is 5.75 Å². The number of ether oxygens (including phenoxy) is 1. The Balaban J connectivity index is 1.98. The minimum absolute atomic E-state index is 0.150. The van der Waals surface area contributed by atoms with Gasteiger partial charge in [-0.05, 0) is 64.7 Å². The Morgan fingerprint density at radius 1 is 1.33 bits per heavy atom. The number of nitrogens with zero attached hydrogens (tertiary/aromatic N) is 2. The van der Waals surface area contributed by atoms with Crippen molar-refractivity contribution >= 4 is 73.1 Å². The van der Waals surface area contributed by atoms with Crippen LogP contribution in [0.4, 0.5) is 5.69 Å². The van der Waals surface area contributed by atoms with E-state index in [2.05, 4.69) is 43.5 Å². The number of amidine groups is 1. The van der Waals surface area contributed by atoms with Gasteiger partial charge < -0.3 is 9.84 Å². The molecule has 140 valence electrons. The molecule has 1 amide bonds. The summed E-state index contributed by atoms with van der Waals surface area (Å²) in [5.74, 6) is -0.00213. The van der Waals surface area contributed by atoms with Gasteiger partial charge in [0.15, 0.2) is 5.17 Å². The second kappa shape index (κ2) is 9.22. The van der Waals surface area contributed by atoms with Crippen molar-refractivity contribution in [2.24, 2.45) is 4.99 Å². The molecule has 1 aliphatic rings. The fourth-order valence-corrected chi connectivity index (χ4v) is 4.99. The van der Waals surface area contributed by atoms with Gasteiger partial charge in [0, 0.05) is 17.1 Å². The molecule has 0 radical (unpaired) electrons. The zero-order chi connectivity index (χ0) is 19.4. The van der Waals surface area contributed by atoms with Crippen LogP contribution in [-0.2, 0) is 9.53 Å². The number of thioether (sulfide) groups is 1. The highest BCUT2D eigenvalue weighted by atomic mass is 127. The van der Waals surface area contributed by atoms with E-state index in [9.17, 15) is 9.90 Å². The first-order valence-electron chi connectivity index (χ1n) is 8.01.